The topological polar surface area (TPSA) is 25.2 Å². The van der Waals surface area contributed by atoms with Crippen LogP contribution in [-0.2, 0) is 11.8 Å². The number of piperidine rings is 1. The van der Waals surface area contributed by atoms with Gasteiger partial charge in [0.15, 0.2) is 5.78 Å². The predicted molar refractivity (Wildman–Crippen MR) is 87.4 cm³/mol. The molecule has 0 amide bonds. The number of likely N-dealkylation sites (N-methyl/N-ethyl adjacent to an activating group) is 1. The van der Waals surface area contributed by atoms with Gasteiger partial charge in [0.2, 0.25) is 0 Å². The molecule has 0 spiro atoms. The van der Waals surface area contributed by atoms with Crippen molar-refractivity contribution >= 4 is 22.8 Å². The molecule has 2 heterocycles. The van der Waals surface area contributed by atoms with Gasteiger partial charge < -0.3 is 4.57 Å². The highest BCUT2D eigenvalue weighted by Crippen LogP contribution is 2.28. The minimum absolute atomic E-state index is 0.298. The van der Waals surface area contributed by atoms with Crippen molar-refractivity contribution in [2.24, 2.45) is 7.05 Å². The van der Waals surface area contributed by atoms with Crippen LogP contribution in [-0.4, -0.2) is 34.9 Å². The van der Waals surface area contributed by atoms with Gasteiger partial charge in [0, 0.05) is 54.3 Å². The maximum atomic E-state index is 12.2. The van der Waals surface area contributed by atoms with Crippen LogP contribution >= 0.6 is 0 Å². The van der Waals surface area contributed by atoms with Crippen LogP contribution in [0.25, 0.3) is 17.0 Å². The van der Waals surface area contributed by atoms with Gasteiger partial charge in [0.05, 0.1) is 0 Å². The van der Waals surface area contributed by atoms with Crippen LogP contribution in [0.15, 0.2) is 29.8 Å². The van der Waals surface area contributed by atoms with Crippen molar-refractivity contribution in [2.45, 2.75) is 20.3 Å². The molecular weight excluding hydrogens is 260 g/mol. The van der Waals surface area contributed by atoms with E-state index in [1.165, 1.54) is 22.2 Å². The zero-order valence-corrected chi connectivity index (χ0v) is 13.0. The molecule has 1 aromatic carbocycles. The third-order valence-electron chi connectivity index (χ3n) is 4.62. The average molecular weight is 282 g/mol. The van der Waals surface area contributed by atoms with Gasteiger partial charge in [0.25, 0.3) is 0 Å². The van der Waals surface area contributed by atoms with Crippen LogP contribution in [0.3, 0.4) is 0 Å². The molecule has 0 unspecified atom stereocenters. The molecule has 1 aliphatic rings. The average Bonchev–Trinajstić information content (AvgIpc) is 2.75. The minimum atomic E-state index is 0.298. The van der Waals surface area contributed by atoms with Crippen LogP contribution in [0.4, 0.5) is 0 Å². The second-order valence-corrected chi connectivity index (χ2v) is 5.79. The Morgan fingerprint density at radius 1 is 1.29 bits per heavy atom. The van der Waals surface area contributed by atoms with E-state index >= 15 is 0 Å². The molecule has 1 aromatic heterocycles. The lowest BCUT2D eigenvalue weighted by Gasteiger charge is -2.26. The maximum Gasteiger partial charge on any atom is 0.161 e. The number of Topliss-reactive ketones (excluding diaryl/α,β-unsaturated/α-hetero) is 1. The second kappa shape index (κ2) is 5.49. The molecular formula is C18H22N2O. The van der Waals surface area contributed by atoms with Gasteiger partial charge in [0.1, 0.15) is 0 Å². The van der Waals surface area contributed by atoms with Crippen LogP contribution < -0.4 is 0 Å². The van der Waals surface area contributed by atoms with E-state index in [1.54, 1.807) is 0 Å². The van der Waals surface area contributed by atoms with Crippen molar-refractivity contribution in [1.29, 1.82) is 0 Å². The molecule has 3 heteroatoms. The number of benzene rings is 1. The molecule has 3 nitrogen and oxygen atoms in total. The zero-order valence-electron chi connectivity index (χ0n) is 13.0. The van der Waals surface area contributed by atoms with Crippen molar-refractivity contribution in [3.63, 3.8) is 0 Å². The van der Waals surface area contributed by atoms with Gasteiger partial charge in [-0.2, -0.15) is 0 Å². The molecule has 0 bridgehead atoms. The molecule has 21 heavy (non-hydrogen) atoms. The summed E-state index contributed by atoms with van der Waals surface area (Å²) in [4.78, 5) is 14.5. The van der Waals surface area contributed by atoms with E-state index in [0.29, 0.717) is 12.2 Å². The van der Waals surface area contributed by atoms with E-state index in [0.717, 1.165) is 25.2 Å². The first-order valence-electron chi connectivity index (χ1n) is 7.62. The summed E-state index contributed by atoms with van der Waals surface area (Å²) in [6.45, 7) is 6.94. The van der Waals surface area contributed by atoms with Crippen LogP contribution in [0.1, 0.15) is 24.6 Å². The number of carbonyl (C=O) groups excluding carboxylic acids is 1. The van der Waals surface area contributed by atoms with E-state index < -0.39 is 0 Å². The summed E-state index contributed by atoms with van der Waals surface area (Å²) < 4.78 is 2.20. The summed E-state index contributed by atoms with van der Waals surface area (Å²) in [6, 6.07) is 8.39. The second-order valence-electron chi connectivity index (χ2n) is 5.79. The number of nitrogens with zero attached hydrogens (tertiary/aromatic N) is 2. The third kappa shape index (κ3) is 2.42. The smallest absolute Gasteiger partial charge is 0.161 e. The monoisotopic (exact) mass is 282 g/mol. The number of para-hydroxylation sites is 1. The summed E-state index contributed by atoms with van der Waals surface area (Å²) in [5.74, 6) is 0.298. The molecule has 0 saturated carbocycles. The number of aromatic nitrogens is 1. The fourth-order valence-electron chi connectivity index (χ4n) is 3.13. The first kappa shape index (κ1) is 14.1. The Morgan fingerprint density at radius 2 is 2.05 bits per heavy atom. The molecule has 3 rings (SSSR count). The lowest BCUT2D eigenvalue weighted by molar-refractivity contribution is -0.117. The largest absolute Gasteiger partial charge is 0.347 e. The highest BCUT2D eigenvalue weighted by Gasteiger charge is 2.21. The Hall–Kier alpha value is -1.87. The first-order valence-corrected chi connectivity index (χ1v) is 7.62. The van der Waals surface area contributed by atoms with E-state index in [-0.39, 0.29) is 0 Å². The number of likely N-dealkylation sites (tertiary alicyclic amines) is 1. The van der Waals surface area contributed by atoms with Gasteiger partial charge in [-0.25, -0.2) is 0 Å². The molecule has 0 aliphatic carbocycles. The zero-order chi connectivity index (χ0) is 15.0. The summed E-state index contributed by atoms with van der Waals surface area (Å²) in [5.41, 5.74) is 4.57. The van der Waals surface area contributed by atoms with E-state index in [4.69, 9.17) is 0 Å². The summed E-state index contributed by atoms with van der Waals surface area (Å²) in [7, 11) is 2.08. The van der Waals surface area contributed by atoms with Crippen molar-refractivity contribution in [2.75, 3.05) is 19.6 Å². The molecule has 0 N–H and O–H groups in total. The van der Waals surface area contributed by atoms with Gasteiger partial charge in [-0.05, 0) is 25.6 Å². The van der Waals surface area contributed by atoms with Crippen molar-refractivity contribution < 1.29 is 4.79 Å². The number of ketones is 1. The van der Waals surface area contributed by atoms with E-state index in [1.807, 2.05) is 0 Å². The van der Waals surface area contributed by atoms with Crippen LogP contribution in [0, 0.1) is 6.92 Å². The number of aryl methyl sites for hydroxylation is 1. The molecule has 110 valence electrons. The summed E-state index contributed by atoms with van der Waals surface area (Å²) >= 11 is 0. The van der Waals surface area contributed by atoms with E-state index in [9.17, 15) is 4.79 Å². The minimum Gasteiger partial charge on any atom is -0.347 e. The lowest BCUT2D eigenvalue weighted by Crippen LogP contribution is -2.35. The lowest BCUT2D eigenvalue weighted by atomic mass is 9.99. The Bertz CT molecular complexity index is 724. The number of fused-ring (bicyclic) bond motifs is 1. The molecule has 1 aliphatic heterocycles. The fourth-order valence-corrected chi connectivity index (χ4v) is 3.13. The summed E-state index contributed by atoms with van der Waals surface area (Å²) in [6.07, 6.45) is 2.76. The molecule has 2 aromatic rings. The van der Waals surface area contributed by atoms with Crippen molar-refractivity contribution in [1.82, 2.24) is 9.47 Å². The Morgan fingerprint density at radius 3 is 2.81 bits per heavy atom. The number of hydrogen-bond donors (Lipinski definition) is 0. The van der Waals surface area contributed by atoms with Gasteiger partial charge >= 0.3 is 0 Å². The number of hydrogen-bond acceptors (Lipinski definition) is 2. The van der Waals surface area contributed by atoms with Crippen molar-refractivity contribution in [3.8, 4) is 0 Å². The molecule has 1 fully saturated rings. The normalized spacial score (nSPS) is 18.8. The van der Waals surface area contributed by atoms with Crippen LogP contribution in [0.2, 0.25) is 0 Å². The van der Waals surface area contributed by atoms with Crippen LogP contribution in [0.5, 0.6) is 0 Å². The van der Waals surface area contributed by atoms with Crippen molar-refractivity contribution in [3.05, 3.63) is 41.1 Å². The molecule has 0 radical (unpaired) electrons. The SMILES string of the molecule is CCN1CCC(=O)/C(=C/c2c(C)n(C)c3ccccc23)C1. The van der Waals surface area contributed by atoms with Gasteiger partial charge in [-0.3, -0.25) is 9.69 Å². The quantitative estimate of drug-likeness (QED) is 0.791. The Balaban J connectivity index is 2.10. The predicted octanol–water partition coefficient (Wildman–Crippen LogP) is 3.16. The number of rotatable bonds is 2. The molecule has 0 atom stereocenters. The highest BCUT2D eigenvalue weighted by atomic mass is 16.1. The maximum absolute atomic E-state index is 12.2. The third-order valence-corrected chi connectivity index (χ3v) is 4.62. The Kier molecular flexibility index (Phi) is 3.68. The fraction of sp³-hybridized carbons (Fsp3) is 0.389. The Labute approximate surface area is 125 Å². The first-order chi connectivity index (χ1) is 10.1. The van der Waals surface area contributed by atoms with Gasteiger partial charge in [-0.1, -0.05) is 25.1 Å². The molecule has 1 saturated heterocycles. The van der Waals surface area contributed by atoms with E-state index in [2.05, 4.69) is 60.7 Å². The number of carbonyl (C=O) groups is 1. The highest BCUT2D eigenvalue weighted by molar-refractivity contribution is 6.03. The summed E-state index contributed by atoms with van der Waals surface area (Å²) in [5, 5.41) is 1.23. The van der Waals surface area contributed by atoms with Gasteiger partial charge in [-0.15, -0.1) is 0 Å². The standard InChI is InChI=1S/C18H22N2O/c1-4-20-10-9-18(21)14(12-20)11-16-13(2)19(3)17-8-6-5-7-15(16)17/h5-8,11H,4,9-10,12H2,1-3H3/b14-11+.